The fraction of sp³-hybridized carbons (Fsp3) is 0.0769. The van der Waals surface area contributed by atoms with Gasteiger partial charge in [-0.15, -0.1) is 0 Å². The molecule has 4 aromatic rings. The van der Waals surface area contributed by atoms with Crippen molar-refractivity contribution in [2.45, 2.75) is 13.8 Å². The lowest BCUT2D eigenvalue weighted by molar-refractivity contribution is 0.626. The van der Waals surface area contributed by atoms with Crippen LogP contribution in [0.4, 0.5) is 31.5 Å². The zero-order valence-corrected chi connectivity index (χ0v) is 16.8. The number of aryl methyl sites for hydroxylation is 2. The molecule has 0 spiro atoms. The Morgan fingerprint density at radius 3 is 1.20 bits per heavy atom. The highest BCUT2D eigenvalue weighted by Gasteiger charge is 2.04. The molecule has 0 saturated heterocycles. The Labute approximate surface area is 175 Å². The lowest BCUT2D eigenvalue weighted by atomic mass is 10.0. The zero-order valence-electron chi connectivity index (χ0n) is 16.8. The monoisotopic (exact) mass is 400 g/mol. The quantitative estimate of drug-likeness (QED) is 0.358. The van der Waals surface area contributed by atoms with E-state index in [1.54, 1.807) is 12.1 Å². The molecule has 30 heavy (non-hydrogen) atoms. The normalized spacial score (nSPS) is 10.7. The van der Waals surface area contributed by atoms with Crippen molar-refractivity contribution in [3.05, 3.63) is 108 Å². The number of rotatable bonds is 5. The molecule has 2 N–H and O–H groups in total. The van der Waals surface area contributed by atoms with E-state index in [1.807, 2.05) is 62.4 Å². The molecule has 4 aromatic carbocycles. The Balaban J connectivity index is 1.46. The summed E-state index contributed by atoms with van der Waals surface area (Å²) in [4.78, 5) is 0. The minimum atomic E-state index is -0.235. The molecule has 0 fully saturated rings. The molecule has 0 heterocycles. The number of anilines is 4. The lowest BCUT2D eigenvalue weighted by Gasteiger charge is -2.12. The first kappa shape index (κ1) is 19.6. The van der Waals surface area contributed by atoms with E-state index in [0.717, 1.165) is 45.0 Å². The van der Waals surface area contributed by atoms with E-state index >= 15 is 0 Å². The molecule has 0 aromatic heterocycles. The number of halogens is 2. The Morgan fingerprint density at radius 2 is 0.867 bits per heavy atom. The van der Waals surface area contributed by atoms with Crippen LogP contribution in [0.2, 0.25) is 0 Å². The second kappa shape index (κ2) is 8.37. The molecule has 0 aliphatic rings. The summed E-state index contributed by atoms with van der Waals surface area (Å²) in [5, 5.41) is 6.64. The summed E-state index contributed by atoms with van der Waals surface area (Å²) in [6.07, 6.45) is 0. The summed E-state index contributed by atoms with van der Waals surface area (Å²) in [5.74, 6) is -0.471. The summed E-state index contributed by atoms with van der Waals surface area (Å²) in [7, 11) is 0. The van der Waals surface area contributed by atoms with Gasteiger partial charge in [-0.3, -0.25) is 0 Å². The SMILES string of the molecule is Cc1cc(F)ccc1Nc1ccc(-c2ccc(Nc3ccc(F)cc3C)cc2)cc1. The van der Waals surface area contributed by atoms with E-state index in [1.165, 1.54) is 24.3 Å². The van der Waals surface area contributed by atoms with Crippen molar-refractivity contribution in [3.63, 3.8) is 0 Å². The van der Waals surface area contributed by atoms with Crippen LogP contribution in [0, 0.1) is 25.5 Å². The molecule has 0 atom stereocenters. The first-order valence-corrected chi connectivity index (χ1v) is 9.75. The predicted octanol–water partition coefficient (Wildman–Crippen LogP) is 7.74. The summed E-state index contributed by atoms with van der Waals surface area (Å²) < 4.78 is 26.5. The van der Waals surface area contributed by atoms with Gasteiger partial charge in [0.2, 0.25) is 0 Å². The van der Waals surface area contributed by atoms with Crippen molar-refractivity contribution >= 4 is 22.7 Å². The summed E-state index contributed by atoms with van der Waals surface area (Å²) in [6, 6.07) is 25.6. The number of hydrogen-bond acceptors (Lipinski definition) is 2. The van der Waals surface area contributed by atoms with Crippen molar-refractivity contribution < 1.29 is 8.78 Å². The zero-order chi connectivity index (χ0) is 21.1. The van der Waals surface area contributed by atoms with Crippen LogP contribution in [0.1, 0.15) is 11.1 Å². The standard InChI is InChI=1S/C26H22F2N2/c1-17-15-21(27)7-13-25(17)29-23-9-3-19(4-10-23)20-5-11-24(12-6-20)30-26-14-8-22(28)16-18(26)2/h3-16,29-30H,1-2H3. The van der Waals surface area contributed by atoms with Gasteiger partial charge in [-0.2, -0.15) is 0 Å². The molecule has 150 valence electrons. The minimum Gasteiger partial charge on any atom is -0.355 e. The molecular formula is C26H22F2N2. The fourth-order valence-corrected chi connectivity index (χ4v) is 3.34. The van der Waals surface area contributed by atoms with Crippen LogP contribution in [-0.2, 0) is 0 Å². The van der Waals surface area contributed by atoms with E-state index in [2.05, 4.69) is 10.6 Å². The maximum atomic E-state index is 13.3. The largest absolute Gasteiger partial charge is 0.355 e. The van der Waals surface area contributed by atoms with E-state index < -0.39 is 0 Å². The van der Waals surface area contributed by atoms with E-state index in [4.69, 9.17) is 0 Å². The maximum Gasteiger partial charge on any atom is 0.123 e. The van der Waals surface area contributed by atoms with Gasteiger partial charge in [0.05, 0.1) is 0 Å². The molecule has 0 radical (unpaired) electrons. The predicted molar refractivity (Wildman–Crippen MR) is 121 cm³/mol. The molecule has 2 nitrogen and oxygen atoms in total. The number of benzene rings is 4. The average molecular weight is 400 g/mol. The maximum absolute atomic E-state index is 13.3. The topological polar surface area (TPSA) is 24.1 Å². The molecule has 4 heteroatoms. The Kier molecular flexibility index (Phi) is 5.48. The van der Waals surface area contributed by atoms with Gasteiger partial charge in [-0.1, -0.05) is 24.3 Å². The molecule has 0 unspecified atom stereocenters. The van der Waals surface area contributed by atoms with Gasteiger partial charge < -0.3 is 10.6 Å². The first-order valence-electron chi connectivity index (χ1n) is 9.75. The van der Waals surface area contributed by atoms with Gasteiger partial charge in [0.25, 0.3) is 0 Å². The second-order valence-electron chi connectivity index (χ2n) is 7.32. The van der Waals surface area contributed by atoms with Gasteiger partial charge >= 0.3 is 0 Å². The molecule has 0 saturated carbocycles. The first-order chi connectivity index (χ1) is 14.5. The number of nitrogens with one attached hydrogen (secondary N) is 2. The lowest BCUT2D eigenvalue weighted by Crippen LogP contribution is -1.94. The summed E-state index contributed by atoms with van der Waals surface area (Å²) in [5.41, 5.74) is 7.57. The summed E-state index contributed by atoms with van der Waals surface area (Å²) in [6.45, 7) is 3.76. The van der Waals surface area contributed by atoms with Crippen LogP contribution in [0.5, 0.6) is 0 Å². The molecular weight excluding hydrogens is 378 g/mol. The van der Waals surface area contributed by atoms with Crippen molar-refractivity contribution in [2.24, 2.45) is 0 Å². The molecule has 0 aliphatic carbocycles. The number of hydrogen-bond donors (Lipinski definition) is 2. The Hall–Kier alpha value is -3.66. The van der Waals surface area contributed by atoms with Gasteiger partial charge in [-0.05, 0) is 96.8 Å². The van der Waals surface area contributed by atoms with E-state index in [9.17, 15) is 8.78 Å². The Bertz CT molecular complexity index is 1070. The van der Waals surface area contributed by atoms with Crippen molar-refractivity contribution in [2.75, 3.05) is 10.6 Å². The van der Waals surface area contributed by atoms with Crippen LogP contribution >= 0.6 is 0 Å². The van der Waals surface area contributed by atoms with Crippen LogP contribution < -0.4 is 10.6 Å². The van der Waals surface area contributed by atoms with Crippen LogP contribution in [0.15, 0.2) is 84.9 Å². The van der Waals surface area contributed by atoms with Crippen molar-refractivity contribution in [1.29, 1.82) is 0 Å². The van der Waals surface area contributed by atoms with Crippen molar-refractivity contribution in [1.82, 2.24) is 0 Å². The molecule has 0 bridgehead atoms. The second-order valence-corrected chi connectivity index (χ2v) is 7.32. The third kappa shape index (κ3) is 4.49. The smallest absolute Gasteiger partial charge is 0.123 e. The van der Waals surface area contributed by atoms with Crippen LogP contribution in [-0.4, -0.2) is 0 Å². The molecule has 4 rings (SSSR count). The fourth-order valence-electron chi connectivity index (χ4n) is 3.34. The third-order valence-electron chi connectivity index (χ3n) is 5.04. The van der Waals surface area contributed by atoms with Crippen molar-refractivity contribution in [3.8, 4) is 11.1 Å². The third-order valence-corrected chi connectivity index (χ3v) is 5.04. The highest BCUT2D eigenvalue weighted by Crippen LogP contribution is 2.27. The van der Waals surface area contributed by atoms with Crippen LogP contribution in [0.25, 0.3) is 11.1 Å². The summed E-state index contributed by atoms with van der Waals surface area (Å²) >= 11 is 0. The molecule has 0 aliphatic heterocycles. The average Bonchev–Trinajstić information content (AvgIpc) is 2.73. The van der Waals surface area contributed by atoms with E-state index in [-0.39, 0.29) is 11.6 Å². The van der Waals surface area contributed by atoms with Gasteiger partial charge in [-0.25, -0.2) is 8.78 Å². The minimum absolute atomic E-state index is 0.235. The van der Waals surface area contributed by atoms with E-state index in [0.29, 0.717) is 0 Å². The highest BCUT2D eigenvalue weighted by molar-refractivity contribution is 5.72. The highest BCUT2D eigenvalue weighted by atomic mass is 19.1. The molecule has 0 amide bonds. The van der Waals surface area contributed by atoms with Gasteiger partial charge in [0, 0.05) is 22.7 Å². The Morgan fingerprint density at radius 1 is 0.500 bits per heavy atom. The van der Waals surface area contributed by atoms with Gasteiger partial charge in [0.1, 0.15) is 11.6 Å². The van der Waals surface area contributed by atoms with Crippen LogP contribution in [0.3, 0.4) is 0 Å². The van der Waals surface area contributed by atoms with Gasteiger partial charge in [0.15, 0.2) is 0 Å².